The van der Waals surface area contributed by atoms with Crippen molar-refractivity contribution in [2.45, 2.75) is 25.2 Å². The molecule has 2 nitrogen and oxygen atoms in total. The zero-order chi connectivity index (χ0) is 11.7. The minimum atomic E-state index is 0.0489. The van der Waals surface area contributed by atoms with Crippen LogP contribution in [0.1, 0.15) is 30.7 Å². The number of hydrogen-bond donors (Lipinski definition) is 1. The van der Waals surface area contributed by atoms with E-state index in [4.69, 9.17) is 0 Å². The van der Waals surface area contributed by atoms with Gasteiger partial charge in [0, 0.05) is 24.0 Å². The first-order valence-electron chi connectivity index (χ1n) is 6.12. The standard InChI is InChI=1S/C15H15NO/c17-14-7-8-16-15(10-14)13-6-2-5-12(9-13)11-3-1-4-11/h2,5-11H,1,3-4H2,(H,16,17). The minimum Gasteiger partial charge on any atom is -0.361 e. The lowest BCUT2D eigenvalue weighted by Gasteiger charge is -2.26. The van der Waals surface area contributed by atoms with Crippen LogP contribution in [-0.4, -0.2) is 4.98 Å². The third-order valence-corrected chi connectivity index (χ3v) is 3.55. The summed E-state index contributed by atoms with van der Waals surface area (Å²) in [6.45, 7) is 0. The van der Waals surface area contributed by atoms with Crippen molar-refractivity contribution in [1.29, 1.82) is 0 Å². The summed E-state index contributed by atoms with van der Waals surface area (Å²) in [6, 6.07) is 11.7. The Morgan fingerprint density at radius 2 is 2.00 bits per heavy atom. The first kappa shape index (κ1) is 10.3. The van der Waals surface area contributed by atoms with Crippen molar-refractivity contribution in [1.82, 2.24) is 4.98 Å². The first-order chi connectivity index (χ1) is 8.33. The molecule has 2 heteroatoms. The van der Waals surface area contributed by atoms with Crippen LogP contribution in [0.15, 0.2) is 47.4 Å². The molecular formula is C15H15NO. The van der Waals surface area contributed by atoms with Crippen LogP contribution in [0.5, 0.6) is 0 Å². The molecule has 1 aliphatic carbocycles. The SMILES string of the molecule is O=c1cc[nH]c(-c2cccc(C3CCC3)c2)c1. The highest BCUT2D eigenvalue weighted by Crippen LogP contribution is 2.37. The highest BCUT2D eigenvalue weighted by Gasteiger charge is 2.19. The van der Waals surface area contributed by atoms with E-state index in [9.17, 15) is 4.79 Å². The first-order valence-corrected chi connectivity index (χ1v) is 6.12. The maximum Gasteiger partial charge on any atom is 0.182 e. The Balaban J connectivity index is 2.00. The fourth-order valence-electron chi connectivity index (χ4n) is 2.31. The fraction of sp³-hybridized carbons (Fsp3) is 0.267. The molecule has 1 aromatic heterocycles. The number of H-pyrrole nitrogens is 1. The number of nitrogens with one attached hydrogen (secondary N) is 1. The molecule has 3 rings (SSSR count). The summed E-state index contributed by atoms with van der Waals surface area (Å²) >= 11 is 0. The maximum absolute atomic E-state index is 11.3. The molecule has 0 atom stereocenters. The average molecular weight is 225 g/mol. The molecule has 1 fully saturated rings. The van der Waals surface area contributed by atoms with Crippen molar-refractivity contribution in [3.63, 3.8) is 0 Å². The van der Waals surface area contributed by atoms with Crippen LogP contribution in [0.25, 0.3) is 11.3 Å². The molecule has 1 N–H and O–H groups in total. The molecule has 1 aromatic carbocycles. The lowest BCUT2D eigenvalue weighted by atomic mass is 9.79. The molecule has 1 saturated carbocycles. The van der Waals surface area contributed by atoms with Crippen LogP contribution in [0.4, 0.5) is 0 Å². The minimum absolute atomic E-state index is 0.0489. The van der Waals surface area contributed by atoms with Gasteiger partial charge in [-0.2, -0.15) is 0 Å². The highest BCUT2D eigenvalue weighted by atomic mass is 16.1. The van der Waals surface area contributed by atoms with Crippen LogP contribution in [0.3, 0.4) is 0 Å². The smallest absolute Gasteiger partial charge is 0.182 e. The zero-order valence-electron chi connectivity index (χ0n) is 9.65. The van der Waals surface area contributed by atoms with E-state index in [1.54, 1.807) is 18.3 Å². The van der Waals surface area contributed by atoms with Gasteiger partial charge >= 0.3 is 0 Å². The summed E-state index contributed by atoms with van der Waals surface area (Å²) in [7, 11) is 0. The van der Waals surface area contributed by atoms with Crippen LogP contribution in [0.2, 0.25) is 0 Å². The molecule has 0 radical (unpaired) electrons. The van der Waals surface area contributed by atoms with E-state index in [-0.39, 0.29) is 5.43 Å². The molecule has 2 aromatic rings. The second kappa shape index (κ2) is 4.21. The van der Waals surface area contributed by atoms with Gasteiger partial charge in [0.05, 0.1) is 0 Å². The van der Waals surface area contributed by atoms with Crippen LogP contribution >= 0.6 is 0 Å². The molecule has 0 bridgehead atoms. The number of hydrogen-bond acceptors (Lipinski definition) is 1. The maximum atomic E-state index is 11.3. The van der Waals surface area contributed by atoms with Gasteiger partial charge in [0.2, 0.25) is 0 Å². The quantitative estimate of drug-likeness (QED) is 0.835. The Kier molecular flexibility index (Phi) is 2.56. The fourth-order valence-corrected chi connectivity index (χ4v) is 2.31. The number of rotatable bonds is 2. The molecule has 0 aliphatic heterocycles. The predicted molar refractivity (Wildman–Crippen MR) is 69.1 cm³/mol. The predicted octanol–water partition coefficient (Wildman–Crippen LogP) is 3.31. The third-order valence-electron chi connectivity index (χ3n) is 3.55. The van der Waals surface area contributed by atoms with Crippen molar-refractivity contribution in [2.75, 3.05) is 0 Å². The van der Waals surface area contributed by atoms with Gasteiger partial charge in [-0.1, -0.05) is 24.6 Å². The van der Waals surface area contributed by atoms with Gasteiger partial charge in [0.15, 0.2) is 5.43 Å². The Hall–Kier alpha value is -1.83. The summed E-state index contributed by atoms with van der Waals surface area (Å²) in [5.41, 5.74) is 3.46. The summed E-state index contributed by atoms with van der Waals surface area (Å²) in [5.74, 6) is 0.727. The lowest BCUT2D eigenvalue weighted by Crippen LogP contribution is -2.08. The highest BCUT2D eigenvalue weighted by molar-refractivity contribution is 5.60. The molecule has 17 heavy (non-hydrogen) atoms. The Bertz CT molecular complexity index is 581. The van der Waals surface area contributed by atoms with Crippen molar-refractivity contribution in [3.05, 3.63) is 58.4 Å². The van der Waals surface area contributed by atoms with E-state index >= 15 is 0 Å². The lowest BCUT2D eigenvalue weighted by molar-refractivity contribution is 0.420. The number of aromatic amines is 1. The van der Waals surface area contributed by atoms with Crippen molar-refractivity contribution >= 4 is 0 Å². The van der Waals surface area contributed by atoms with Gasteiger partial charge in [0.1, 0.15) is 0 Å². The van der Waals surface area contributed by atoms with Crippen LogP contribution < -0.4 is 5.43 Å². The summed E-state index contributed by atoms with van der Waals surface area (Å²) in [5, 5.41) is 0. The number of pyridine rings is 1. The molecule has 86 valence electrons. The van der Waals surface area contributed by atoms with Gasteiger partial charge in [-0.25, -0.2) is 0 Å². The summed E-state index contributed by atoms with van der Waals surface area (Å²) < 4.78 is 0. The molecular weight excluding hydrogens is 210 g/mol. The average Bonchev–Trinajstić information content (AvgIpc) is 2.27. The van der Waals surface area contributed by atoms with E-state index in [1.807, 2.05) is 6.07 Å². The topological polar surface area (TPSA) is 32.9 Å². The summed E-state index contributed by atoms with van der Waals surface area (Å²) in [6.07, 6.45) is 5.65. The summed E-state index contributed by atoms with van der Waals surface area (Å²) in [4.78, 5) is 14.5. The van der Waals surface area contributed by atoms with Gasteiger partial charge in [0.25, 0.3) is 0 Å². The molecule has 1 heterocycles. The molecule has 0 amide bonds. The second-order valence-corrected chi connectivity index (χ2v) is 4.69. The van der Waals surface area contributed by atoms with Gasteiger partial charge in [-0.15, -0.1) is 0 Å². The van der Waals surface area contributed by atoms with Crippen LogP contribution in [0, 0.1) is 0 Å². The van der Waals surface area contributed by atoms with Crippen molar-refractivity contribution in [3.8, 4) is 11.3 Å². The van der Waals surface area contributed by atoms with Crippen molar-refractivity contribution in [2.24, 2.45) is 0 Å². The Labute approximate surface area is 100 Å². The van der Waals surface area contributed by atoms with Crippen LogP contribution in [-0.2, 0) is 0 Å². The van der Waals surface area contributed by atoms with E-state index in [2.05, 4.69) is 23.2 Å². The molecule has 1 aliphatic rings. The van der Waals surface area contributed by atoms with E-state index in [1.165, 1.54) is 24.8 Å². The third kappa shape index (κ3) is 2.03. The zero-order valence-corrected chi connectivity index (χ0v) is 9.65. The van der Waals surface area contributed by atoms with E-state index < -0.39 is 0 Å². The number of aromatic nitrogens is 1. The largest absolute Gasteiger partial charge is 0.361 e. The van der Waals surface area contributed by atoms with E-state index in [0.29, 0.717) is 0 Å². The van der Waals surface area contributed by atoms with Gasteiger partial charge in [-0.3, -0.25) is 4.79 Å². The van der Waals surface area contributed by atoms with Gasteiger partial charge in [-0.05, 0) is 36.0 Å². The number of benzene rings is 1. The second-order valence-electron chi connectivity index (χ2n) is 4.69. The Morgan fingerprint density at radius 3 is 2.71 bits per heavy atom. The van der Waals surface area contributed by atoms with E-state index in [0.717, 1.165) is 17.2 Å². The molecule has 0 unspecified atom stereocenters. The monoisotopic (exact) mass is 225 g/mol. The molecule has 0 saturated heterocycles. The Morgan fingerprint density at radius 1 is 1.12 bits per heavy atom. The normalized spacial score (nSPS) is 15.5. The van der Waals surface area contributed by atoms with Gasteiger partial charge < -0.3 is 4.98 Å². The van der Waals surface area contributed by atoms with Crippen molar-refractivity contribution < 1.29 is 0 Å². The molecule has 0 spiro atoms.